The van der Waals surface area contributed by atoms with Gasteiger partial charge in [0.25, 0.3) is 5.91 Å². The number of fused-ring (bicyclic) bond motifs is 1. The molecule has 1 amide bonds. The number of amides is 1. The molecule has 34 heavy (non-hydrogen) atoms. The van der Waals surface area contributed by atoms with Crippen LogP contribution in [0.2, 0.25) is 0 Å². The van der Waals surface area contributed by atoms with E-state index in [1.165, 1.54) is 0 Å². The van der Waals surface area contributed by atoms with Crippen LogP contribution in [0.4, 0.5) is 11.5 Å². The van der Waals surface area contributed by atoms with Crippen molar-refractivity contribution in [2.75, 3.05) is 32.2 Å². The number of rotatable bonds is 7. The first kappa shape index (κ1) is 22.9. The van der Waals surface area contributed by atoms with Crippen molar-refractivity contribution in [2.24, 2.45) is 0 Å². The Bertz CT molecular complexity index is 1410. The van der Waals surface area contributed by atoms with Crippen molar-refractivity contribution in [3.05, 3.63) is 64.5 Å². The maximum Gasteiger partial charge on any atom is 0.263 e. The van der Waals surface area contributed by atoms with Gasteiger partial charge in [0.05, 0.1) is 19.9 Å². The molecule has 0 atom stereocenters. The molecule has 0 aliphatic carbocycles. The fraction of sp³-hybridized carbons (Fsp3) is 0.160. The van der Waals surface area contributed by atoms with Gasteiger partial charge in [-0.2, -0.15) is 5.26 Å². The Balaban J connectivity index is 1.62. The largest absolute Gasteiger partial charge is 0.493 e. The van der Waals surface area contributed by atoms with Crippen LogP contribution in [-0.2, 0) is 6.42 Å². The van der Waals surface area contributed by atoms with E-state index in [0.717, 1.165) is 22.5 Å². The molecule has 4 rings (SSSR count). The van der Waals surface area contributed by atoms with Gasteiger partial charge in [0.2, 0.25) is 0 Å². The summed E-state index contributed by atoms with van der Waals surface area (Å²) in [6.45, 7) is 0.395. The zero-order valence-electron chi connectivity index (χ0n) is 18.7. The second-order valence-corrected chi connectivity index (χ2v) is 8.44. The predicted octanol–water partition coefficient (Wildman–Crippen LogP) is 3.99. The van der Waals surface area contributed by atoms with Gasteiger partial charge in [0.15, 0.2) is 11.5 Å². The summed E-state index contributed by atoms with van der Waals surface area (Å²) in [6.07, 6.45) is 0.593. The second kappa shape index (κ2) is 9.68. The van der Waals surface area contributed by atoms with E-state index in [1.54, 1.807) is 14.2 Å². The molecular formula is C25H23N5O3S. The minimum absolute atomic E-state index is 0.107. The normalized spacial score (nSPS) is 10.6. The Morgan fingerprint density at radius 1 is 1.12 bits per heavy atom. The van der Waals surface area contributed by atoms with Gasteiger partial charge in [0.1, 0.15) is 27.2 Å². The molecule has 0 fully saturated rings. The fourth-order valence-electron chi connectivity index (χ4n) is 3.78. The Labute approximate surface area is 200 Å². The van der Waals surface area contributed by atoms with Crippen LogP contribution in [0.15, 0.2) is 48.5 Å². The van der Waals surface area contributed by atoms with Crippen LogP contribution in [0.1, 0.15) is 20.8 Å². The van der Waals surface area contributed by atoms with Crippen molar-refractivity contribution in [1.82, 2.24) is 10.3 Å². The van der Waals surface area contributed by atoms with Crippen LogP contribution < -0.4 is 26.3 Å². The van der Waals surface area contributed by atoms with Crippen LogP contribution in [-0.4, -0.2) is 31.7 Å². The smallest absolute Gasteiger partial charge is 0.263 e. The standard InChI is InChI=1S/C25H23N5O3S/c1-32-17-9-8-14(12-18(17)33-2)10-11-29-24(31)22-21(27)20-19(15-6-4-3-5-7-15)16(13-26)23(28)30-25(20)34-22/h3-9,12H,10-11,27H2,1-2H3,(H2,28,30)(H,29,31). The molecule has 0 saturated heterocycles. The van der Waals surface area contributed by atoms with Gasteiger partial charge in [-0.3, -0.25) is 4.79 Å². The molecule has 0 saturated carbocycles. The SMILES string of the molecule is COc1ccc(CCNC(=O)c2sc3nc(N)c(C#N)c(-c4ccccc4)c3c2N)cc1OC. The summed E-state index contributed by atoms with van der Waals surface area (Å²) in [5.74, 6) is 1.07. The van der Waals surface area contributed by atoms with Gasteiger partial charge < -0.3 is 26.3 Å². The highest BCUT2D eigenvalue weighted by Gasteiger charge is 2.24. The first-order chi connectivity index (χ1) is 16.5. The predicted molar refractivity (Wildman–Crippen MR) is 134 cm³/mol. The minimum Gasteiger partial charge on any atom is -0.493 e. The molecule has 2 aromatic heterocycles. The first-order valence-electron chi connectivity index (χ1n) is 10.4. The molecule has 2 heterocycles. The lowest BCUT2D eigenvalue weighted by Gasteiger charge is -2.10. The number of nitrogen functional groups attached to an aromatic ring is 2. The molecular weight excluding hydrogens is 450 g/mol. The highest BCUT2D eigenvalue weighted by Crippen LogP contribution is 2.42. The van der Waals surface area contributed by atoms with E-state index in [4.69, 9.17) is 20.9 Å². The monoisotopic (exact) mass is 473 g/mol. The summed E-state index contributed by atoms with van der Waals surface area (Å²) in [6, 6.07) is 17.1. The number of carbonyl (C=O) groups excluding carboxylic acids is 1. The van der Waals surface area contributed by atoms with E-state index in [0.29, 0.717) is 45.1 Å². The number of nitrogens with zero attached hydrogens (tertiary/aromatic N) is 2. The maximum atomic E-state index is 13.0. The number of ether oxygens (including phenoxy) is 2. The molecule has 0 unspecified atom stereocenters. The highest BCUT2D eigenvalue weighted by atomic mass is 32.1. The van der Waals surface area contributed by atoms with Crippen molar-refractivity contribution in [3.8, 4) is 28.7 Å². The molecule has 0 bridgehead atoms. The fourth-order valence-corrected chi connectivity index (χ4v) is 4.81. The number of pyridine rings is 1. The molecule has 8 nitrogen and oxygen atoms in total. The van der Waals surface area contributed by atoms with E-state index in [2.05, 4.69) is 16.4 Å². The number of benzene rings is 2. The van der Waals surface area contributed by atoms with Crippen molar-refractivity contribution in [1.29, 1.82) is 5.26 Å². The summed E-state index contributed by atoms with van der Waals surface area (Å²) in [5, 5.41) is 13.2. The molecule has 0 spiro atoms. The van der Waals surface area contributed by atoms with Gasteiger partial charge in [-0.25, -0.2) is 4.98 Å². The number of carbonyl (C=O) groups is 1. The number of methoxy groups -OCH3 is 2. The number of nitrogens with two attached hydrogens (primary N) is 2. The Morgan fingerprint density at radius 3 is 2.53 bits per heavy atom. The topological polar surface area (TPSA) is 136 Å². The van der Waals surface area contributed by atoms with E-state index < -0.39 is 0 Å². The zero-order chi connectivity index (χ0) is 24.2. The van der Waals surface area contributed by atoms with E-state index in [-0.39, 0.29) is 23.0 Å². The quantitative estimate of drug-likeness (QED) is 0.369. The Hall–Kier alpha value is -4.29. The van der Waals surface area contributed by atoms with Gasteiger partial charge in [-0.05, 0) is 29.7 Å². The first-order valence-corrected chi connectivity index (χ1v) is 11.3. The number of aromatic nitrogens is 1. The van der Waals surface area contributed by atoms with Crippen LogP contribution >= 0.6 is 11.3 Å². The van der Waals surface area contributed by atoms with Crippen LogP contribution in [0, 0.1) is 11.3 Å². The molecule has 2 aromatic carbocycles. The molecule has 0 aliphatic heterocycles. The molecule has 9 heteroatoms. The molecule has 4 aromatic rings. The van der Waals surface area contributed by atoms with Gasteiger partial charge in [-0.1, -0.05) is 36.4 Å². The van der Waals surface area contributed by atoms with E-state index in [9.17, 15) is 10.1 Å². The molecule has 0 aliphatic rings. The second-order valence-electron chi connectivity index (χ2n) is 7.45. The number of thiophene rings is 1. The third-order valence-corrected chi connectivity index (χ3v) is 6.53. The summed E-state index contributed by atoms with van der Waals surface area (Å²) in [5.41, 5.74) is 15.4. The van der Waals surface area contributed by atoms with Crippen LogP contribution in [0.3, 0.4) is 0 Å². The summed E-state index contributed by atoms with van der Waals surface area (Å²) in [7, 11) is 3.16. The maximum absolute atomic E-state index is 13.0. The Morgan fingerprint density at radius 2 is 1.85 bits per heavy atom. The number of nitrogens with one attached hydrogen (secondary N) is 1. The lowest BCUT2D eigenvalue weighted by Crippen LogP contribution is -2.25. The lowest BCUT2D eigenvalue weighted by atomic mass is 9.97. The van der Waals surface area contributed by atoms with Crippen LogP contribution in [0.5, 0.6) is 11.5 Å². The molecule has 172 valence electrons. The number of hydrogen-bond acceptors (Lipinski definition) is 8. The molecule has 5 N–H and O–H groups in total. The lowest BCUT2D eigenvalue weighted by molar-refractivity contribution is 0.0959. The third-order valence-electron chi connectivity index (χ3n) is 5.43. The van der Waals surface area contributed by atoms with Crippen molar-refractivity contribution in [2.45, 2.75) is 6.42 Å². The van der Waals surface area contributed by atoms with Gasteiger partial charge >= 0.3 is 0 Å². The van der Waals surface area contributed by atoms with Crippen molar-refractivity contribution in [3.63, 3.8) is 0 Å². The average molecular weight is 474 g/mol. The molecule has 0 radical (unpaired) electrons. The summed E-state index contributed by atoms with van der Waals surface area (Å²) >= 11 is 1.16. The Kier molecular flexibility index (Phi) is 6.52. The number of hydrogen-bond donors (Lipinski definition) is 3. The van der Waals surface area contributed by atoms with Gasteiger partial charge in [0, 0.05) is 17.5 Å². The minimum atomic E-state index is -0.308. The van der Waals surface area contributed by atoms with Crippen molar-refractivity contribution >= 4 is 39.0 Å². The van der Waals surface area contributed by atoms with Crippen molar-refractivity contribution < 1.29 is 14.3 Å². The number of anilines is 2. The third kappa shape index (κ3) is 4.19. The summed E-state index contributed by atoms with van der Waals surface area (Å²) in [4.78, 5) is 18.2. The van der Waals surface area contributed by atoms with E-state index in [1.807, 2.05) is 48.5 Å². The van der Waals surface area contributed by atoms with Gasteiger partial charge in [-0.15, -0.1) is 11.3 Å². The van der Waals surface area contributed by atoms with Crippen LogP contribution in [0.25, 0.3) is 21.3 Å². The summed E-state index contributed by atoms with van der Waals surface area (Å²) < 4.78 is 10.6. The highest BCUT2D eigenvalue weighted by molar-refractivity contribution is 7.21. The number of nitriles is 1. The average Bonchev–Trinajstić information content (AvgIpc) is 3.19. The van der Waals surface area contributed by atoms with E-state index >= 15 is 0 Å². The zero-order valence-corrected chi connectivity index (χ0v) is 19.5.